The van der Waals surface area contributed by atoms with E-state index < -0.39 is 11.8 Å². The zero-order chi connectivity index (χ0) is 19.8. The molecule has 0 unspecified atom stereocenters. The van der Waals surface area contributed by atoms with Crippen LogP contribution in [0.3, 0.4) is 0 Å². The van der Waals surface area contributed by atoms with Crippen LogP contribution < -0.4 is 0 Å². The molecule has 28 heavy (non-hydrogen) atoms. The normalized spacial score (nSPS) is 21.3. The summed E-state index contributed by atoms with van der Waals surface area (Å²) >= 11 is 0. The lowest BCUT2D eigenvalue weighted by Gasteiger charge is -2.30. The minimum atomic E-state index is -0.619. The highest BCUT2D eigenvalue weighted by atomic mass is 16.5. The van der Waals surface area contributed by atoms with Crippen LogP contribution in [0.4, 0.5) is 0 Å². The topological polar surface area (TPSA) is 46.6 Å². The van der Waals surface area contributed by atoms with E-state index in [0.29, 0.717) is 19.7 Å². The molecule has 146 valence electrons. The van der Waals surface area contributed by atoms with E-state index in [9.17, 15) is 9.59 Å². The van der Waals surface area contributed by atoms with Crippen LogP contribution in [0.1, 0.15) is 36.8 Å². The summed E-state index contributed by atoms with van der Waals surface area (Å²) < 4.78 is 5.31. The van der Waals surface area contributed by atoms with Crippen LogP contribution in [-0.2, 0) is 20.9 Å². The third-order valence-electron chi connectivity index (χ3n) is 5.01. The van der Waals surface area contributed by atoms with Crippen LogP contribution >= 0.6 is 0 Å². The van der Waals surface area contributed by atoms with Gasteiger partial charge in [0.15, 0.2) is 0 Å². The number of hydrogen-bond donors (Lipinski definition) is 0. The summed E-state index contributed by atoms with van der Waals surface area (Å²) in [5.41, 5.74) is 1.93. The fourth-order valence-corrected chi connectivity index (χ4v) is 3.64. The largest absolute Gasteiger partial charge is 0.466 e. The van der Waals surface area contributed by atoms with Crippen molar-refractivity contribution in [3.8, 4) is 0 Å². The van der Waals surface area contributed by atoms with Gasteiger partial charge < -0.3 is 9.64 Å². The van der Waals surface area contributed by atoms with Crippen LogP contribution in [0, 0.1) is 5.92 Å². The van der Waals surface area contributed by atoms with Crippen molar-refractivity contribution in [1.29, 1.82) is 0 Å². The van der Waals surface area contributed by atoms with E-state index in [2.05, 4.69) is 0 Å². The Labute approximate surface area is 166 Å². The number of nitrogens with zero attached hydrogens (tertiary/aromatic N) is 1. The Hall–Kier alpha value is -2.88. The standard InChI is InChI=1S/C24H27NO3/c1-2-28-24(27)21-16-10-5-11-17-25(18-19-12-6-3-7-13-19)23(26)22(21)20-14-8-4-9-15-20/h3-4,6-10,12-16,21-22H,2,5,11,17-18H2,1H3/b16-10+/t21-,22-/m1/s1. The predicted molar refractivity (Wildman–Crippen MR) is 110 cm³/mol. The molecule has 0 spiro atoms. The van der Waals surface area contributed by atoms with Crippen molar-refractivity contribution < 1.29 is 14.3 Å². The number of carbonyl (C=O) groups excluding carboxylic acids is 2. The number of allylic oxidation sites excluding steroid dienone is 1. The van der Waals surface area contributed by atoms with Crippen LogP contribution in [0.15, 0.2) is 72.8 Å². The van der Waals surface area contributed by atoms with Crippen molar-refractivity contribution in [3.63, 3.8) is 0 Å². The van der Waals surface area contributed by atoms with Gasteiger partial charge in [0.2, 0.25) is 5.91 Å². The predicted octanol–water partition coefficient (Wildman–Crippen LogP) is 4.33. The zero-order valence-electron chi connectivity index (χ0n) is 16.3. The molecule has 0 aromatic heterocycles. The van der Waals surface area contributed by atoms with Crippen LogP contribution in [0.2, 0.25) is 0 Å². The molecule has 2 atom stereocenters. The van der Waals surface area contributed by atoms with E-state index in [1.165, 1.54) is 0 Å². The molecule has 2 aromatic carbocycles. The van der Waals surface area contributed by atoms with E-state index >= 15 is 0 Å². The molecule has 0 aliphatic carbocycles. The number of esters is 1. The fourth-order valence-electron chi connectivity index (χ4n) is 3.64. The second kappa shape index (κ2) is 9.88. The molecule has 0 fully saturated rings. The fraction of sp³-hybridized carbons (Fsp3) is 0.333. The minimum absolute atomic E-state index is 0.0281. The lowest BCUT2D eigenvalue weighted by molar-refractivity contribution is -0.150. The Morgan fingerprint density at radius 3 is 2.43 bits per heavy atom. The van der Waals surface area contributed by atoms with Gasteiger partial charge in [-0.3, -0.25) is 9.59 Å². The number of amides is 1. The van der Waals surface area contributed by atoms with Crippen molar-refractivity contribution in [3.05, 3.63) is 83.9 Å². The molecular weight excluding hydrogens is 350 g/mol. The Kier molecular flexibility index (Phi) is 7.01. The van der Waals surface area contributed by atoms with Crippen LogP contribution in [-0.4, -0.2) is 29.9 Å². The van der Waals surface area contributed by atoms with Crippen molar-refractivity contribution >= 4 is 11.9 Å². The quantitative estimate of drug-likeness (QED) is 0.576. The van der Waals surface area contributed by atoms with Crippen LogP contribution in [0.5, 0.6) is 0 Å². The summed E-state index contributed by atoms with van der Waals surface area (Å²) in [5, 5.41) is 0. The summed E-state index contributed by atoms with van der Waals surface area (Å²) in [4.78, 5) is 28.3. The van der Waals surface area contributed by atoms with Crippen molar-refractivity contribution in [2.75, 3.05) is 13.2 Å². The summed E-state index contributed by atoms with van der Waals surface area (Å²) in [7, 11) is 0. The highest BCUT2D eigenvalue weighted by Crippen LogP contribution is 2.31. The first-order valence-electron chi connectivity index (χ1n) is 9.91. The average Bonchev–Trinajstić information content (AvgIpc) is 2.80. The summed E-state index contributed by atoms with van der Waals surface area (Å²) in [5.74, 6) is -1.58. The van der Waals surface area contributed by atoms with Gasteiger partial charge in [0.05, 0.1) is 18.4 Å². The average molecular weight is 377 g/mol. The third kappa shape index (κ3) is 4.89. The summed E-state index contributed by atoms with van der Waals surface area (Å²) in [6.07, 6.45) is 5.57. The Morgan fingerprint density at radius 2 is 1.75 bits per heavy atom. The lowest BCUT2D eigenvalue weighted by atomic mass is 9.84. The maximum absolute atomic E-state index is 13.7. The van der Waals surface area contributed by atoms with Gasteiger partial charge in [-0.15, -0.1) is 0 Å². The molecule has 0 saturated carbocycles. The van der Waals surface area contributed by atoms with Gasteiger partial charge in [0.25, 0.3) is 0 Å². The molecule has 4 heteroatoms. The smallest absolute Gasteiger partial charge is 0.313 e. The van der Waals surface area contributed by atoms with Crippen molar-refractivity contribution in [2.24, 2.45) is 5.92 Å². The van der Waals surface area contributed by atoms with E-state index in [4.69, 9.17) is 4.74 Å². The maximum atomic E-state index is 13.7. The monoisotopic (exact) mass is 377 g/mol. The number of benzene rings is 2. The van der Waals surface area contributed by atoms with Gasteiger partial charge in [-0.05, 0) is 30.9 Å². The first-order chi connectivity index (χ1) is 13.7. The lowest BCUT2D eigenvalue weighted by Crippen LogP contribution is -2.39. The summed E-state index contributed by atoms with van der Waals surface area (Å²) in [6.45, 7) is 3.29. The van der Waals surface area contributed by atoms with Gasteiger partial charge in [-0.2, -0.15) is 0 Å². The second-order valence-electron chi connectivity index (χ2n) is 6.98. The first kappa shape index (κ1) is 19.9. The zero-order valence-corrected chi connectivity index (χ0v) is 16.3. The Bertz CT molecular complexity index is 801. The molecule has 3 rings (SSSR count). The molecular formula is C24H27NO3. The molecule has 0 radical (unpaired) electrons. The first-order valence-corrected chi connectivity index (χ1v) is 9.91. The number of rotatable bonds is 5. The number of ether oxygens (including phenoxy) is 1. The maximum Gasteiger partial charge on any atom is 0.313 e. The molecule has 2 aromatic rings. The van der Waals surface area contributed by atoms with E-state index in [-0.39, 0.29) is 11.9 Å². The highest BCUT2D eigenvalue weighted by Gasteiger charge is 2.37. The van der Waals surface area contributed by atoms with Gasteiger partial charge >= 0.3 is 5.97 Å². The summed E-state index contributed by atoms with van der Waals surface area (Å²) in [6, 6.07) is 19.5. The SMILES string of the molecule is CCOC(=O)[C@@H]1/C=C/CCCN(Cc2ccccc2)C(=O)[C@@H]1c1ccccc1. The second-order valence-corrected chi connectivity index (χ2v) is 6.98. The van der Waals surface area contributed by atoms with E-state index in [1.54, 1.807) is 6.92 Å². The molecule has 0 bridgehead atoms. The van der Waals surface area contributed by atoms with Crippen molar-refractivity contribution in [2.45, 2.75) is 32.2 Å². The Morgan fingerprint density at radius 1 is 1.07 bits per heavy atom. The molecule has 1 aliphatic heterocycles. The molecule has 4 nitrogen and oxygen atoms in total. The molecule has 1 amide bonds. The van der Waals surface area contributed by atoms with E-state index in [0.717, 1.165) is 24.0 Å². The van der Waals surface area contributed by atoms with Gasteiger partial charge in [0.1, 0.15) is 0 Å². The van der Waals surface area contributed by atoms with Crippen LogP contribution in [0.25, 0.3) is 0 Å². The molecule has 1 heterocycles. The minimum Gasteiger partial charge on any atom is -0.466 e. The third-order valence-corrected chi connectivity index (χ3v) is 5.01. The molecule has 1 aliphatic rings. The van der Waals surface area contributed by atoms with Gasteiger partial charge in [-0.1, -0.05) is 72.8 Å². The van der Waals surface area contributed by atoms with E-state index in [1.807, 2.05) is 77.7 Å². The number of carbonyl (C=O) groups is 2. The number of hydrogen-bond acceptors (Lipinski definition) is 3. The van der Waals surface area contributed by atoms with Crippen molar-refractivity contribution in [1.82, 2.24) is 4.90 Å². The Balaban J connectivity index is 1.98. The van der Waals surface area contributed by atoms with Gasteiger partial charge in [0, 0.05) is 13.1 Å². The van der Waals surface area contributed by atoms with Gasteiger partial charge in [-0.25, -0.2) is 0 Å². The molecule has 0 N–H and O–H groups in total. The molecule has 0 saturated heterocycles. The highest BCUT2D eigenvalue weighted by molar-refractivity contribution is 5.90.